The average molecular weight is 627 g/mol. The Morgan fingerprint density at radius 1 is 0.543 bits per heavy atom. The number of amides is 2. The van der Waals surface area contributed by atoms with Gasteiger partial charge in [-0.2, -0.15) is 0 Å². The maximum Gasteiger partial charge on any atom is 0.226 e. The fourth-order valence-electron chi connectivity index (χ4n) is 5.81. The van der Waals surface area contributed by atoms with E-state index in [2.05, 4.69) is 34.9 Å². The smallest absolute Gasteiger partial charge is 0.226 e. The lowest BCUT2D eigenvalue weighted by Gasteiger charge is -2.29. The third-order valence-electron chi connectivity index (χ3n) is 8.36. The topological polar surface area (TPSA) is 76.7 Å². The molecule has 0 radical (unpaired) electrons. The second kappa shape index (κ2) is 16.8. The third-order valence-corrected chi connectivity index (χ3v) is 8.36. The minimum atomic E-state index is -0.314. The fraction of sp³-hybridized carbons (Fsp3) is 0.316. The maximum atomic E-state index is 12.8. The Morgan fingerprint density at radius 3 is 1.24 bits per heavy atom. The summed E-state index contributed by atoms with van der Waals surface area (Å²) >= 11 is 0. The minimum Gasteiger partial charge on any atom is -0.377 e. The highest BCUT2D eigenvalue weighted by atomic mass is 19.1. The van der Waals surface area contributed by atoms with Gasteiger partial charge in [0, 0.05) is 23.2 Å². The van der Waals surface area contributed by atoms with Crippen molar-refractivity contribution in [2.45, 2.75) is 62.6 Å². The number of anilines is 2. The second-order valence-corrected chi connectivity index (χ2v) is 11.8. The average Bonchev–Trinajstić information content (AvgIpc) is 3.09. The van der Waals surface area contributed by atoms with E-state index in [9.17, 15) is 18.4 Å². The molecule has 240 valence electrons. The summed E-state index contributed by atoms with van der Waals surface area (Å²) in [7, 11) is 0. The van der Waals surface area contributed by atoms with Crippen LogP contribution in [0.1, 0.15) is 61.5 Å². The van der Waals surface area contributed by atoms with Crippen LogP contribution < -0.4 is 10.6 Å². The number of halogens is 2. The minimum absolute atomic E-state index is 0.0459. The molecule has 0 bridgehead atoms. The Hall–Kier alpha value is -4.40. The van der Waals surface area contributed by atoms with Gasteiger partial charge >= 0.3 is 0 Å². The van der Waals surface area contributed by atoms with E-state index in [0.29, 0.717) is 49.3 Å². The van der Waals surface area contributed by atoms with Crippen LogP contribution >= 0.6 is 0 Å². The van der Waals surface area contributed by atoms with Crippen molar-refractivity contribution in [2.75, 3.05) is 23.8 Å². The van der Waals surface area contributed by atoms with E-state index in [1.165, 1.54) is 35.4 Å². The quantitative estimate of drug-likeness (QED) is 0.207. The highest BCUT2D eigenvalue weighted by Crippen LogP contribution is 2.30. The van der Waals surface area contributed by atoms with E-state index in [4.69, 9.17) is 9.47 Å². The molecule has 0 saturated carbocycles. The molecule has 2 saturated heterocycles. The van der Waals surface area contributed by atoms with Crippen molar-refractivity contribution >= 4 is 23.2 Å². The normalized spacial score (nSPS) is 20.9. The molecular formula is C38H40F2N2O4. The fourth-order valence-corrected chi connectivity index (χ4v) is 5.81. The van der Waals surface area contributed by atoms with Gasteiger partial charge in [-0.05, 0) is 85.3 Å². The van der Waals surface area contributed by atoms with E-state index in [0.717, 1.165) is 25.7 Å². The lowest BCUT2D eigenvalue weighted by Crippen LogP contribution is -2.29. The van der Waals surface area contributed by atoms with Gasteiger partial charge in [-0.15, -0.1) is 0 Å². The first-order chi connectivity index (χ1) is 22.4. The van der Waals surface area contributed by atoms with Gasteiger partial charge in [0.05, 0.1) is 38.3 Å². The molecule has 2 aliphatic rings. The lowest BCUT2D eigenvalue weighted by atomic mass is 9.90. The van der Waals surface area contributed by atoms with Crippen LogP contribution in [-0.2, 0) is 19.1 Å². The van der Waals surface area contributed by atoms with E-state index >= 15 is 0 Å². The molecule has 0 aromatic heterocycles. The summed E-state index contributed by atoms with van der Waals surface area (Å²) in [5.74, 6) is -0.00380. The van der Waals surface area contributed by atoms with E-state index < -0.39 is 0 Å². The first-order valence-corrected chi connectivity index (χ1v) is 15.8. The molecule has 2 amide bonds. The Labute approximate surface area is 269 Å². The van der Waals surface area contributed by atoms with Crippen molar-refractivity contribution in [1.82, 2.24) is 0 Å². The predicted molar refractivity (Wildman–Crippen MR) is 176 cm³/mol. The van der Waals surface area contributed by atoms with Gasteiger partial charge in [0.1, 0.15) is 11.6 Å². The summed E-state index contributed by atoms with van der Waals surface area (Å²) < 4.78 is 37.4. The molecule has 4 aromatic rings. The number of carbonyl (C=O) groups excluding carboxylic acids is 2. The maximum absolute atomic E-state index is 12.8. The van der Waals surface area contributed by atoms with Crippen molar-refractivity contribution in [3.63, 3.8) is 0 Å². The van der Waals surface area contributed by atoms with Crippen molar-refractivity contribution in [2.24, 2.45) is 0 Å². The molecule has 0 aliphatic carbocycles. The van der Waals surface area contributed by atoms with Crippen LogP contribution in [-0.4, -0.2) is 37.2 Å². The van der Waals surface area contributed by atoms with Gasteiger partial charge in [0.2, 0.25) is 11.8 Å². The molecule has 6 nitrogen and oxygen atoms in total. The van der Waals surface area contributed by atoms with Gasteiger partial charge in [-0.25, -0.2) is 8.78 Å². The zero-order valence-corrected chi connectivity index (χ0v) is 25.7. The molecule has 0 unspecified atom stereocenters. The van der Waals surface area contributed by atoms with Crippen LogP contribution in [0, 0.1) is 11.6 Å². The Morgan fingerprint density at radius 2 is 0.913 bits per heavy atom. The number of hydrogen-bond donors (Lipinski definition) is 2. The largest absolute Gasteiger partial charge is 0.377 e. The Balaban J connectivity index is 0.000000181. The molecule has 46 heavy (non-hydrogen) atoms. The van der Waals surface area contributed by atoms with Gasteiger partial charge in [0.15, 0.2) is 0 Å². The number of carbonyl (C=O) groups is 2. The molecular weight excluding hydrogens is 586 g/mol. The van der Waals surface area contributed by atoms with Crippen molar-refractivity contribution in [3.8, 4) is 0 Å². The van der Waals surface area contributed by atoms with Crippen molar-refractivity contribution < 1.29 is 27.8 Å². The molecule has 2 aliphatic heterocycles. The molecule has 4 atom stereocenters. The number of ether oxygens (including phenoxy) is 2. The summed E-state index contributed by atoms with van der Waals surface area (Å²) in [6, 6.07) is 32.2. The summed E-state index contributed by atoms with van der Waals surface area (Å²) in [6.45, 7) is 1.30. The highest BCUT2D eigenvalue weighted by Gasteiger charge is 2.26. The van der Waals surface area contributed by atoms with E-state index in [1.54, 1.807) is 24.3 Å². The van der Waals surface area contributed by atoms with Gasteiger partial charge in [0.25, 0.3) is 0 Å². The lowest BCUT2D eigenvalue weighted by molar-refractivity contribution is -0.121. The summed E-state index contributed by atoms with van der Waals surface area (Å²) in [5.41, 5.74) is 3.80. The first-order valence-electron chi connectivity index (χ1n) is 15.8. The number of benzene rings is 4. The van der Waals surface area contributed by atoms with Crippen molar-refractivity contribution in [1.29, 1.82) is 0 Å². The standard InChI is InChI=1S/2C19H20FNO2/c2*20-16-7-9-17(10-8-16)21-19(22)12-18-11-6-15(13-23-18)14-4-2-1-3-5-14/h2*1-5,7-10,15,18H,6,11-13H2,(H,21,22)/t2*15-,18-/m10/s1. The molecule has 0 spiro atoms. The summed E-state index contributed by atoms with van der Waals surface area (Å²) in [6.07, 6.45) is 4.37. The van der Waals surface area contributed by atoms with Crippen LogP contribution in [0.3, 0.4) is 0 Å². The van der Waals surface area contributed by atoms with Crippen LogP contribution in [0.15, 0.2) is 109 Å². The zero-order chi connectivity index (χ0) is 32.1. The van der Waals surface area contributed by atoms with Gasteiger partial charge in [-0.3, -0.25) is 9.59 Å². The predicted octanol–water partition coefficient (Wildman–Crippen LogP) is 8.23. The number of hydrogen-bond acceptors (Lipinski definition) is 4. The SMILES string of the molecule is O=C(C[C@@H]1CC[C@H](c2ccccc2)CO1)Nc1ccc(F)cc1.O=C(C[C@H]1CC[C@@H](c2ccccc2)CO1)Nc1ccc(F)cc1. The molecule has 2 heterocycles. The molecule has 8 heteroatoms. The molecule has 2 fully saturated rings. The molecule has 6 rings (SSSR count). The van der Waals surface area contributed by atoms with E-state index in [1.807, 2.05) is 36.4 Å². The van der Waals surface area contributed by atoms with Crippen LogP contribution in [0.2, 0.25) is 0 Å². The van der Waals surface area contributed by atoms with E-state index in [-0.39, 0.29) is 35.7 Å². The highest BCUT2D eigenvalue weighted by molar-refractivity contribution is 5.91. The molecule has 4 aromatic carbocycles. The van der Waals surface area contributed by atoms with Crippen LogP contribution in [0.25, 0.3) is 0 Å². The van der Waals surface area contributed by atoms with Crippen LogP contribution in [0.5, 0.6) is 0 Å². The Bertz CT molecular complexity index is 1390. The Kier molecular flexibility index (Phi) is 12.0. The second-order valence-electron chi connectivity index (χ2n) is 11.8. The van der Waals surface area contributed by atoms with Crippen molar-refractivity contribution in [3.05, 3.63) is 132 Å². The zero-order valence-electron chi connectivity index (χ0n) is 25.7. The monoisotopic (exact) mass is 626 g/mol. The van der Waals surface area contributed by atoms with Crippen LogP contribution in [0.4, 0.5) is 20.2 Å². The number of nitrogens with one attached hydrogen (secondary N) is 2. The number of rotatable bonds is 8. The first kappa shape index (κ1) is 33.0. The summed E-state index contributed by atoms with van der Waals surface area (Å²) in [4.78, 5) is 24.1. The van der Waals surface area contributed by atoms with Gasteiger partial charge < -0.3 is 20.1 Å². The molecule has 2 N–H and O–H groups in total. The van der Waals surface area contributed by atoms with Gasteiger partial charge in [-0.1, -0.05) is 60.7 Å². The third kappa shape index (κ3) is 10.3. The summed E-state index contributed by atoms with van der Waals surface area (Å²) in [5, 5.41) is 5.55.